The van der Waals surface area contributed by atoms with E-state index < -0.39 is 0 Å². The molecule has 0 saturated heterocycles. The van der Waals surface area contributed by atoms with E-state index in [0.717, 1.165) is 45.3 Å². The molecule has 47 heavy (non-hydrogen) atoms. The van der Waals surface area contributed by atoms with Crippen molar-refractivity contribution in [1.29, 1.82) is 0 Å². The van der Waals surface area contributed by atoms with E-state index in [0.29, 0.717) is 0 Å². The van der Waals surface area contributed by atoms with Crippen LogP contribution in [0.25, 0.3) is 66.6 Å². The van der Waals surface area contributed by atoms with E-state index in [1.165, 1.54) is 38.5 Å². The second-order valence-electron chi connectivity index (χ2n) is 12.0. The molecule has 3 aromatic heterocycles. The summed E-state index contributed by atoms with van der Waals surface area (Å²) in [6.45, 7) is 0. The number of para-hydroxylation sites is 6. The van der Waals surface area contributed by atoms with Crippen LogP contribution in [0.1, 0.15) is 0 Å². The maximum Gasteiger partial charge on any atom is 0.140 e. The zero-order valence-electron chi connectivity index (χ0n) is 25.5. The van der Waals surface area contributed by atoms with Gasteiger partial charge < -0.3 is 4.57 Å². The van der Waals surface area contributed by atoms with Crippen LogP contribution in [0.5, 0.6) is 0 Å². The standard InChI is InChI=1S/C43H28N4/c1-2-15-29(16-3-1)45-37-24-11-6-19-32(37)42-33-20-7-12-25-38(33)47(39-26-13-8-21-34(39)43(42)45)41-28-14-27-40(44-41)46-35-22-9-4-17-30(35)31-18-5-10-23-36(31)46/h1-28H. The van der Waals surface area contributed by atoms with Gasteiger partial charge in [-0.25, -0.2) is 4.98 Å². The fourth-order valence-corrected chi connectivity index (χ4v) is 7.57. The number of nitrogens with zero attached hydrogens (tertiary/aromatic N) is 4. The van der Waals surface area contributed by atoms with Crippen molar-refractivity contribution in [1.82, 2.24) is 14.1 Å². The molecule has 10 rings (SSSR count). The first-order valence-electron chi connectivity index (χ1n) is 16.0. The highest BCUT2D eigenvalue weighted by Crippen LogP contribution is 2.54. The molecule has 0 saturated carbocycles. The number of aromatic nitrogens is 3. The lowest BCUT2D eigenvalue weighted by Gasteiger charge is -2.27. The van der Waals surface area contributed by atoms with Crippen LogP contribution in [0.4, 0.5) is 17.2 Å². The Labute approximate surface area is 272 Å². The van der Waals surface area contributed by atoms with Crippen molar-refractivity contribution in [2.75, 3.05) is 4.90 Å². The summed E-state index contributed by atoms with van der Waals surface area (Å²) in [5.74, 6) is 1.75. The first kappa shape index (κ1) is 25.9. The van der Waals surface area contributed by atoms with Gasteiger partial charge in [-0.1, -0.05) is 115 Å². The van der Waals surface area contributed by atoms with E-state index in [1.54, 1.807) is 0 Å². The van der Waals surface area contributed by atoms with Crippen LogP contribution in [-0.4, -0.2) is 14.1 Å². The van der Waals surface area contributed by atoms with Gasteiger partial charge in [0.1, 0.15) is 11.6 Å². The van der Waals surface area contributed by atoms with Crippen LogP contribution < -0.4 is 4.90 Å². The summed E-state index contributed by atoms with van der Waals surface area (Å²) in [6, 6.07) is 60.5. The molecule has 6 aromatic carbocycles. The Morgan fingerprint density at radius 2 is 0.872 bits per heavy atom. The summed E-state index contributed by atoms with van der Waals surface area (Å²) < 4.78 is 4.71. The minimum Gasteiger partial charge on any atom is -0.309 e. The molecule has 0 atom stereocenters. The van der Waals surface area contributed by atoms with E-state index in [-0.39, 0.29) is 0 Å². The Hall–Kier alpha value is -6.39. The number of hydrogen-bond acceptors (Lipinski definition) is 2. The van der Waals surface area contributed by atoms with Crippen LogP contribution >= 0.6 is 0 Å². The Kier molecular flexibility index (Phi) is 5.54. The molecule has 0 amide bonds. The van der Waals surface area contributed by atoms with Gasteiger partial charge in [-0.05, 0) is 54.6 Å². The van der Waals surface area contributed by atoms with E-state index in [9.17, 15) is 0 Å². The Morgan fingerprint density at radius 3 is 1.57 bits per heavy atom. The van der Waals surface area contributed by atoms with Gasteiger partial charge in [-0.3, -0.25) is 9.47 Å². The first-order chi connectivity index (χ1) is 23.4. The Morgan fingerprint density at radius 1 is 0.362 bits per heavy atom. The van der Waals surface area contributed by atoms with Gasteiger partial charge in [0.25, 0.3) is 0 Å². The van der Waals surface area contributed by atoms with Gasteiger partial charge in [-0.2, -0.15) is 0 Å². The molecule has 0 fully saturated rings. The molecule has 1 aliphatic heterocycles. The van der Waals surface area contributed by atoms with Crippen molar-refractivity contribution in [3.8, 4) is 33.9 Å². The fraction of sp³-hybridized carbons (Fsp3) is 0. The molecule has 0 spiro atoms. The molecule has 1 aliphatic rings. The van der Waals surface area contributed by atoms with Crippen LogP contribution in [0.15, 0.2) is 170 Å². The van der Waals surface area contributed by atoms with Gasteiger partial charge >= 0.3 is 0 Å². The number of benzene rings is 6. The number of hydrogen-bond donors (Lipinski definition) is 0. The lowest BCUT2D eigenvalue weighted by atomic mass is 9.98. The SMILES string of the molecule is c1ccc(-n2c3c(c4ccccc42)-c2ccccc2N(c2cccc(-n4c5ccccc5c5ccccc54)n2)c2ccccc2-3)cc1. The summed E-state index contributed by atoms with van der Waals surface area (Å²) in [7, 11) is 0. The highest BCUT2D eigenvalue weighted by atomic mass is 15.2. The Bertz CT molecular complexity index is 2590. The van der Waals surface area contributed by atoms with E-state index in [4.69, 9.17) is 4.98 Å². The van der Waals surface area contributed by atoms with Gasteiger partial charge in [-0.15, -0.1) is 0 Å². The van der Waals surface area contributed by atoms with Crippen molar-refractivity contribution in [3.05, 3.63) is 170 Å². The molecule has 4 heteroatoms. The molecule has 0 radical (unpaired) electrons. The van der Waals surface area contributed by atoms with Crippen LogP contribution in [0.2, 0.25) is 0 Å². The summed E-state index contributed by atoms with van der Waals surface area (Å²) in [5, 5.41) is 3.67. The van der Waals surface area contributed by atoms with Crippen molar-refractivity contribution in [3.63, 3.8) is 0 Å². The van der Waals surface area contributed by atoms with Crippen molar-refractivity contribution in [2.45, 2.75) is 0 Å². The summed E-state index contributed by atoms with van der Waals surface area (Å²) in [5.41, 5.74) is 11.5. The maximum atomic E-state index is 5.45. The lowest BCUT2D eigenvalue weighted by Crippen LogP contribution is -2.13. The fourth-order valence-electron chi connectivity index (χ4n) is 7.57. The topological polar surface area (TPSA) is 26.0 Å². The molecular weight excluding hydrogens is 573 g/mol. The minimum absolute atomic E-state index is 0.866. The average molecular weight is 601 g/mol. The monoisotopic (exact) mass is 600 g/mol. The van der Waals surface area contributed by atoms with Crippen LogP contribution in [0.3, 0.4) is 0 Å². The normalized spacial score (nSPS) is 12.2. The Balaban J connectivity index is 1.28. The zero-order valence-corrected chi connectivity index (χ0v) is 25.5. The molecule has 0 bridgehead atoms. The van der Waals surface area contributed by atoms with Crippen LogP contribution in [0, 0.1) is 0 Å². The highest BCUT2D eigenvalue weighted by molar-refractivity contribution is 6.13. The minimum atomic E-state index is 0.866. The van der Waals surface area contributed by atoms with Gasteiger partial charge in [0, 0.05) is 38.5 Å². The second kappa shape index (κ2) is 10.1. The van der Waals surface area contributed by atoms with Crippen LogP contribution in [-0.2, 0) is 0 Å². The molecule has 0 unspecified atom stereocenters. The maximum absolute atomic E-state index is 5.45. The molecule has 9 aromatic rings. The molecule has 4 nitrogen and oxygen atoms in total. The largest absolute Gasteiger partial charge is 0.309 e. The van der Waals surface area contributed by atoms with E-state index >= 15 is 0 Å². The molecule has 0 aliphatic carbocycles. The number of fused-ring (bicyclic) bond motifs is 10. The average Bonchev–Trinajstić information content (AvgIpc) is 3.62. The summed E-state index contributed by atoms with van der Waals surface area (Å²) >= 11 is 0. The quantitative estimate of drug-likeness (QED) is 0.202. The third-order valence-electron chi connectivity index (χ3n) is 9.46. The van der Waals surface area contributed by atoms with E-state index in [2.05, 4.69) is 184 Å². The van der Waals surface area contributed by atoms with Crippen molar-refractivity contribution in [2.24, 2.45) is 0 Å². The lowest BCUT2D eigenvalue weighted by molar-refractivity contribution is 1.06. The van der Waals surface area contributed by atoms with Gasteiger partial charge in [0.05, 0.1) is 33.6 Å². The highest BCUT2D eigenvalue weighted by Gasteiger charge is 2.31. The van der Waals surface area contributed by atoms with Crippen molar-refractivity contribution >= 4 is 49.9 Å². The zero-order chi connectivity index (χ0) is 30.9. The predicted molar refractivity (Wildman–Crippen MR) is 195 cm³/mol. The third kappa shape index (κ3) is 3.73. The number of anilines is 3. The number of rotatable bonds is 3. The number of pyridine rings is 1. The van der Waals surface area contributed by atoms with Gasteiger partial charge in [0.2, 0.25) is 0 Å². The summed E-state index contributed by atoms with van der Waals surface area (Å²) in [6.07, 6.45) is 0. The van der Waals surface area contributed by atoms with Crippen molar-refractivity contribution < 1.29 is 0 Å². The third-order valence-corrected chi connectivity index (χ3v) is 9.46. The summed E-state index contributed by atoms with van der Waals surface area (Å²) in [4.78, 5) is 7.79. The molecule has 4 heterocycles. The van der Waals surface area contributed by atoms with E-state index in [1.807, 2.05) is 0 Å². The first-order valence-corrected chi connectivity index (χ1v) is 16.0. The molecular formula is C43H28N4. The van der Waals surface area contributed by atoms with Gasteiger partial charge in [0.15, 0.2) is 0 Å². The molecule has 220 valence electrons. The smallest absolute Gasteiger partial charge is 0.140 e. The molecule has 0 N–H and O–H groups in total. The predicted octanol–water partition coefficient (Wildman–Crippen LogP) is 11.2. The second-order valence-corrected chi connectivity index (χ2v) is 12.0.